The maximum atomic E-state index is 12.2. The van der Waals surface area contributed by atoms with Gasteiger partial charge in [0.1, 0.15) is 12.0 Å². The standard InChI is InChI=1S/C17H16N2O4/c1-3-11-8-13(20)23-16-14(11)15(21)18-17(19-16)22-9-12-7-5-4-6-10(12)2/h4-8H,3,9H2,1-2H3,(H,18,19,21). The lowest BCUT2D eigenvalue weighted by molar-refractivity contribution is 0.279. The van der Waals surface area contributed by atoms with Crippen molar-refractivity contribution in [3.8, 4) is 6.01 Å². The minimum Gasteiger partial charge on any atom is -0.460 e. The van der Waals surface area contributed by atoms with Gasteiger partial charge in [-0.2, -0.15) is 4.98 Å². The zero-order chi connectivity index (χ0) is 16.4. The van der Waals surface area contributed by atoms with Crippen LogP contribution in [-0.2, 0) is 13.0 Å². The maximum absolute atomic E-state index is 12.2. The lowest BCUT2D eigenvalue weighted by Gasteiger charge is -2.08. The largest absolute Gasteiger partial charge is 0.460 e. The van der Waals surface area contributed by atoms with Crippen molar-refractivity contribution in [2.75, 3.05) is 0 Å². The van der Waals surface area contributed by atoms with Gasteiger partial charge in [0, 0.05) is 6.07 Å². The molecule has 6 nitrogen and oxygen atoms in total. The van der Waals surface area contributed by atoms with E-state index in [0.717, 1.165) is 11.1 Å². The third kappa shape index (κ3) is 3.01. The number of aromatic amines is 1. The molecular weight excluding hydrogens is 296 g/mol. The predicted octanol–water partition coefficient (Wildman–Crippen LogP) is 2.33. The first-order valence-electron chi connectivity index (χ1n) is 7.33. The SMILES string of the molecule is CCc1cc(=O)oc2nc(OCc3ccccc3C)[nH]c(=O)c12. The molecule has 3 aromatic rings. The second-order valence-electron chi connectivity index (χ2n) is 5.21. The van der Waals surface area contributed by atoms with Crippen molar-refractivity contribution < 1.29 is 9.15 Å². The number of benzene rings is 1. The van der Waals surface area contributed by atoms with E-state index in [1.54, 1.807) is 0 Å². The molecule has 1 aromatic carbocycles. The van der Waals surface area contributed by atoms with Crippen molar-refractivity contribution in [1.82, 2.24) is 9.97 Å². The highest BCUT2D eigenvalue weighted by Gasteiger charge is 2.12. The highest BCUT2D eigenvalue weighted by molar-refractivity contribution is 5.75. The summed E-state index contributed by atoms with van der Waals surface area (Å²) in [4.78, 5) is 30.5. The highest BCUT2D eigenvalue weighted by Crippen LogP contribution is 2.15. The van der Waals surface area contributed by atoms with Gasteiger partial charge in [-0.1, -0.05) is 31.2 Å². The van der Waals surface area contributed by atoms with Crippen LogP contribution in [0.3, 0.4) is 0 Å². The van der Waals surface area contributed by atoms with Crippen molar-refractivity contribution in [1.29, 1.82) is 0 Å². The lowest BCUT2D eigenvalue weighted by Crippen LogP contribution is -2.15. The Morgan fingerprint density at radius 1 is 1.22 bits per heavy atom. The van der Waals surface area contributed by atoms with Gasteiger partial charge in [-0.15, -0.1) is 0 Å². The molecular formula is C17H16N2O4. The van der Waals surface area contributed by atoms with Crippen LogP contribution in [0.2, 0.25) is 0 Å². The number of hydrogen-bond acceptors (Lipinski definition) is 5. The number of H-pyrrole nitrogens is 1. The number of rotatable bonds is 4. The molecule has 0 aliphatic rings. The Hall–Kier alpha value is -2.89. The van der Waals surface area contributed by atoms with E-state index in [1.165, 1.54) is 6.07 Å². The fourth-order valence-corrected chi connectivity index (χ4v) is 2.39. The molecule has 0 fully saturated rings. The zero-order valence-corrected chi connectivity index (χ0v) is 12.9. The van der Waals surface area contributed by atoms with E-state index in [2.05, 4.69) is 9.97 Å². The summed E-state index contributed by atoms with van der Waals surface area (Å²) in [6, 6.07) is 9.10. The molecule has 118 valence electrons. The zero-order valence-electron chi connectivity index (χ0n) is 12.9. The number of aromatic nitrogens is 2. The third-order valence-corrected chi connectivity index (χ3v) is 3.68. The highest BCUT2D eigenvalue weighted by atomic mass is 16.5. The van der Waals surface area contributed by atoms with E-state index in [4.69, 9.17) is 9.15 Å². The summed E-state index contributed by atoms with van der Waals surface area (Å²) in [6.07, 6.45) is 0.538. The number of ether oxygens (including phenoxy) is 1. The first-order chi connectivity index (χ1) is 11.1. The van der Waals surface area contributed by atoms with Crippen LogP contribution < -0.4 is 15.9 Å². The van der Waals surface area contributed by atoms with E-state index < -0.39 is 5.63 Å². The molecule has 0 spiro atoms. The van der Waals surface area contributed by atoms with E-state index in [0.29, 0.717) is 12.0 Å². The van der Waals surface area contributed by atoms with E-state index in [1.807, 2.05) is 38.1 Å². The van der Waals surface area contributed by atoms with Gasteiger partial charge in [0.15, 0.2) is 0 Å². The van der Waals surface area contributed by atoms with Crippen LogP contribution in [0.25, 0.3) is 11.1 Å². The molecule has 0 bridgehead atoms. The summed E-state index contributed by atoms with van der Waals surface area (Å²) < 4.78 is 10.6. The summed E-state index contributed by atoms with van der Waals surface area (Å²) in [6.45, 7) is 4.09. The molecule has 2 heterocycles. The van der Waals surface area contributed by atoms with Crippen LogP contribution in [0, 0.1) is 6.92 Å². The Labute approximate surface area is 131 Å². The van der Waals surface area contributed by atoms with Gasteiger partial charge in [0.25, 0.3) is 11.6 Å². The first-order valence-corrected chi connectivity index (χ1v) is 7.33. The molecule has 1 N–H and O–H groups in total. The molecule has 0 atom stereocenters. The second kappa shape index (κ2) is 6.08. The van der Waals surface area contributed by atoms with Crippen LogP contribution >= 0.6 is 0 Å². The quantitative estimate of drug-likeness (QED) is 0.799. The van der Waals surface area contributed by atoms with Crippen LogP contribution in [0.4, 0.5) is 0 Å². The fraction of sp³-hybridized carbons (Fsp3) is 0.235. The Bertz CT molecular complexity index is 972. The summed E-state index contributed by atoms with van der Waals surface area (Å²) in [5.41, 5.74) is 1.76. The average Bonchev–Trinajstić information content (AvgIpc) is 2.52. The summed E-state index contributed by atoms with van der Waals surface area (Å²) in [7, 11) is 0. The monoisotopic (exact) mass is 312 g/mol. The molecule has 23 heavy (non-hydrogen) atoms. The van der Waals surface area contributed by atoms with Gasteiger partial charge in [0.05, 0.1) is 0 Å². The molecule has 0 unspecified atom stereocenters. The summed E-state index contributed by atoms with van der Waals surface area (Å²) in [5, 5.41) is 0.287. The Morgan fingerprint density at radius 3 is 2.74 bits per heavy atom. The van der Waals surface area contributed by atoms with Crippen molar-refractivity contribution in [2.45, 2.75) is 26.9 Å². The van der Waals surface area contributed by atoms with Crippen molar-refractivity contribution >= 4 is 11.1 Å². The molecule has 0 saturated heterocycles. The summed E-state index contributed by atoms with van der Waals surface area (Å²) >= 11 is 0. The lowest BCUT2D eigenvalue weighted by atomic mass is 10.1. The van der Waals surface area contributed by atoms with Gasteiger partial charge in [0.2, 0.25) is 5.71 Å². The van der Waals surface area contributed by atoms with E-state index in [-0.39, 0.29) is 29.3 Å². The van der Waals surface area contributed by atoms with Gasteiger partial charge in [-0.25, -0.2) is 4.79 Å². The molecule has 3 rings (SSSR count). The number of aryl methyl sites for hydroxylation is 2. The minimum atomic E-state index is -0.530. The molecule has 0 aliphatic carbocycles. The van der Waals surface area contributed by atoms with Gasteiger partial charge in [-0.05, 0) is 30.0 Å². The van der Waals surface area contributed by atoms with Crippen LogP contribution in [0.5, 0.6) is 6.01 Å². The van der Waals surface area contributed by atoms with Crippen LogP contribution in [0.1, 0.15) is 23.6 Å². The van der Waals surface area contributed by atoms with E-state index in [9.17, 15) is 9.59 Å². The molecule has 0 amide bonds. The predicted molar refractivity (Wildman–Crippen MR) is 85.8 cm³/mol. The number of nitrogens with one attached hydrogen (secondary N) is 1. The fourth-order valence-electron chi connectivity index (χ4n) is 2.39. The first kappa shape index (κ1) is 15.0. The number of fused-ring (bicyclic) bond motifs is 1. The van der Waals surface area contributed by atoms with Gasteiger partial charge < -0.3 is 9.15 Å². The normalized spacial score (nSPS) is 10.9. The molecule has 2 aromatic heterocycles. The van der Waals surface area contributed by atoms with Crippen molar-refractivity contribution in [2.24, 2.45) is 0 Å². The Balaban J connectivity index is 1.98. The van der Waals surface area contributed by atoms with Crippen LogP contribution in [-0.4, -0.2) is 9.97 Å². The van der Waals surface area contributed by atoms with Crippen molar-refractivity contribution in [3.05, 3.63) is 67.8 Å². The van der Waals surface area contributed by atoms with Gasteiger partial charge in [-0.3, -0.25) is 9.78 Å². The molecule has 0 radical (unpaired) electrons. The maximum Gasteiger partial charge on any atom is 0.337 e. The molecule has 6 heteroatoms. The number of nitrogens with zero attached hydrogens (tertiary/aromatic N) is 1. The molecule has 0 saturated carbocycles. The average molecular weight is 312 g/mol. The topological polar surface area (TPSA) is 85.2 Å². The molecule has 0 aliphatic heterocycles. The second-order valence-corrected chi connectivity index (χ2v) is 5.21. The van der Waals surface area contributed by atoms with Crippen LogP contribution in [0.15, 0.2) is 44.3 Å². The Kier molecular flexibility index (Phi) is 3.97. The van der Waals surface area contributed by atoms with E-state index >= 15 is 0 Å². The van der Waals surface area contributed by atoms with Gasteiger partial charge >= 0.3 is 5.63 Å². The number of hydrogen-bond donors (Lipinski definition) is 1. The summed E-state index contributed by atoms with van der Waals surface area (Å²) in [5.74, 6) is 0. The van der Waals surface area contributed by atoms with Crippen molar-refractivity contribution in [3.63, 3.8) is 0 Å². The smallest absolute Gasteiger partial charge is 0.337 e. The third-order valence-electron chi connectivity index (χ3n) is 3.68. The minimum absolute atomic E-state index is 0.00196. The Morgan fingerprint density at radius 2 is 2.00 bits per heavy atom.